The Bertz CT molecular complexity index is 268. The minimum Gasteiger partial charge on any atom is -0.399 e. The van der Waals surface area contributed by atoms with Crippen LogP contribution in [0.2, 0.25) is 0 Å². The van der Waals surface area contributed by atoms with E-state index in [1.807, 2.05) is 23.9 Å². The molecular weight excluding hydrogens is 166 g/mol. The molecule has 0 unspecified atom stereocenters. The standard InChI is InChI=1S/C10H13NS/c11-9-3-1-2-8(6-9)7-12-10-4-5-10/h1-3,6,10H,4-5,7,11H2. The van der Waals surface area contributed by atoms with E-state index in [1.165, 1.54) is 18.4 Å². The molecule has 1 saturated carbocycles. The fraction of sp³-hybridized carbons (Fsp3) is 0.400. The van der Waals surface area contributed by atoms with Crippen LogP contribution in [0.1, 0.15) is 18.4 Å². The second kappa shape index (κ2) is 3.40. The molecule has 0 saturated heterocycles. The first kappa shape index (κ1) is 7.99. The summed E-state index contributed by atoms with van der Waals surface area (Å²) in [4.78, 5) is 0. The molecule has 2 heteroatoms. The summed E-state index contributed by atoms with van der Waals surface area (Å²) in [6.45, 7) is 0. The predicted octanol–water partition coefficient (Wildman–Crippen LogP) is 2.66. The Morgan fingerprint density at radius 2 is 2.25 bits per heavy atom. The number of thioether (sulfide) groups is 1. The van der Waals surface area contributed by atoms with Crippen LogP contribution < -0.4 is 5.73 Å². The Morgan fingerprint density at radius 1 is 1.42 bits per heavy atom. The molecule has 1 aromatic rings. The summed E-state index contributed by atoms with van der Waals surface area (Å²) in [6, 6.07) is 8.17. The smallest absolute Gasteiger partial charge is 0.0317 e. The largest absolute Gasteiger partial charge is 0.399 e. The molecule has 0 atom stereocenters. The van der Waals surface area contributed by atoms with Crippen molar-refractivity contribution in [1.29, 1.82) is 0 Å². The van der Waals surface area contributed by atoms with Gasteiger partial charge in [-0.05, 0) is 30.5 Å². The zero-order chi connectivity index (χ0) is 8.39. The quantitative estimate of drug-likeness (QED) is 0.722. The SMILES string of the molecule is Nc1cccc(CSC2CC2)c1. The summed E-state index contributed by atoms with van der Waals surface area (Å²) < 4.78 is 0. The summed E-state index contributed by atoms with van der Waals surface area (Å²) in [5, 5.41) is 0.937. The van der Waals surface area contributed by atoms with Crippen LogP contribution in [-0.2, 0) is 5.75 Å². The number of nitrogens with two attached hydrogens (primary N) is 1. The molecule has 1 aliphatic carbocycles. The lowest BCUT2D eigenvalue weighted by molar-refractivity contribution is 1.39. The van der Waals surface area contributed by atoms with E-state index in [-0.39, 0.29) is 0 Å². The maximum Gasteiger partial charge on any atom is 0.0317 e. The van der Waals surface area contributed by atoms with Crippen LogP contribution in [0.15, 0.2) is 24.3 Å². The molecule has 0 bridgehead atoms. The van der Waals surface area contributed by atoms with Gasteiger partial charge in [0, 0.05) is 16.7 Å². The number of benzene rings is 1. The molecule has 1 aliphatic rings. The van der Waals surface area contributed by atoms with Crippen molar-refractivity contribution in [2.75, 3.05) is 5.73 Å². The van der Waals surface area contributed by atoms with Crippen LogP contribution in [-0.4, -0.2) is 5.25 Å². The summed E-state index contributed by atoms with van der Waals surface area (Å²) >= 11 is 2.05. The van der Waals surface area contributed by atoms with E-state index >= 15 is 0 Å². The Morgan fingerprint density at radius 3 is 2.92 bits per heavy atom. The van der Waals surface area contributed by atoms with E-state index in [9.17, 15) is 0 Å². The highest BCUT2D eigenvalue weighted by atomic mass is 32.2. The Balaban J connectivity index is 1.92. The molecule has 64 valence electrons. The van der Waals surface area contributed by atoms with E-state index in [2.05, 4.69) is 12.1 Å². The summed E-state index contributed by atoms with van der Waals surface area (Å²) in [6.07, 6.45) is 2.82. The van der Waals surface area contributed by atoms with Crippen molar-refractivity contribution in [2.24, 2.45) is 0 Å². The van der Waals surface area contributed by atoms with Gasteiger partial charge in [0.2, 0.25) is 0 Å². The molecule has 0 aromatic heterocycles. The third-order valence-corrected chi connectivity index (χ3v) is 3.40. The van der Waals surface area contributed by atoms with Crippen molar-refractivity contribution in [3.63, 3.8) is 0 Å². The van der Waals surface area contributed by atoms with Crippen molar-refractivity contribution in [1.82, 2.24) is 0 Å². The topological polar surface area (TPSA) is 26.0 Å². The van der Waals surface area contributed by atoms with Gasteiger partial charge in [0.1, 0.15) is 0 Å². The van der Waals surface area contributed by atoms with Crippen LogP contribution in [0.25, 0.3) is 0 Å². The second-order valence-corrected chi connectivity index (χ2v) is 4.54. The van der Waals surface area contributed by atoms with Gasteiger partial charge in [-0.3, -0.25) is 0 Å². The third-order valence-electron chi connectivity index (χ3n) is 1.96. The van der Waals surface area contributed by atoms with E-state index in [0.717, 1.165) is 16.7 Å². The van der Waals surface area contributed by atoms with Crippen molar-refractivity contribution >= 4 is 17.4 Å². The lowest BCUT2D eigenvalue weighted by Gasteiger charge is -2.00. The molecule has 2 rings (SSSR count). The highest BCUT2D eigenvalue weighted by Crippen LogP contribution is 2.36. The molecule has 0 radical (unpaired) electrons. The summed E-state index contributed by atoms with van der Waals surface area (Å²) in [5.41, 5.74) is 7.90. The molecule has 0 heterocycles. The molecule has 0 amide bonds. The molecule has 2 N–H and O–H groups in total. The number of hydrogen-bond acceptors (Lipinski definition) is 2. The fourth-order valence-electron chi connectivity index (χ4n) is 1.13. The average molecular weight is 179 g/mol. The molecule has 1 aromatic carbocycles. The van der Waals surface area contributed by atoms with Crippen LogP contribution in [0, 0.1) is 0 Å². The van der Waals surface area contributed by atoms with E-state index < -0.39 is 0 Å². The Labute approximate surface area is 77.3 Å². The average Bonchev–Trinajstić information content (AvgIpc) is 2.84. The first-order valence-electron chi connectivity index (χ1n) is 4.30. The fourth-order valence-corrected chi connectivity index (χ4v) is 2.21. The van der Waals surface area contributed by atoms with Crippen LogP contribution in [0.4, 0.5) is 5.69 Å². The van der Waals surface area contributed by atoms with E-state index in [0.29, 0.717) is 0 Å². The van der Waals surface area contributed by atoms with Gasteiger partial charge in [0.05, 0.1) is 0 Å². The second-order valence-electron chi connectivity index (χ2n) is 3.26. The van der Waals surface area contributed by atoms with Gasteiger partial charge in [-0.2, -0.15) is 11.8 Å². The molecule has 12 heavy (non-hydrogen) atoms. The minimum absolute atomic E-state index is 0.879. The van der Waals surface area contributed by atoms with E-state index in [1.54, 1.807) is 0 Å². The normalized spacial score (nSPS) is 16.3. The lowest BCUT2D eigenvalue weighted by Crippen LogP contribution is -1.87. The maximum atomic E-state index is 5.67. The molecule has 1 nitrogen and oxygen atoms in total. The Kier molecular flexibility index (Phi) is 2.26. The highest BCUT2D eigenvalue weighted by molar-refractivity contribution is 7.99. The zero-order valence-corrected chi connectivity index (χ0v) is 7.81. The number of anilines is 1. The number of nitrogen functional groups attached to an aromatic ring is 1. The van der Waals surface area contributed by atoms with Gasteiger partial charge in [-0.1, -0.05) is 12.1 Å². The monoisotopic (exact) mass is 179 g/mol. The van der Waals surface area contributed by atoms with E-state index in [4.69, 9.17) is 5.73 Å². The first-order chi connectivity index (χ1) is 5.84. The van der Waals surface area contributed by atoms with Crippen molar-refractivity contribution in [2.45, 2.75) is 23.8 Å². The van der Waals surface area contributed by atoms with Gasteiger partial charge in [-0.25, -0.2) is 0 Å². The molecule has 0 spiro atoms. The van der Waals surface area contributed by atoms with Gasteiger partial charge in [0.15, 0.2) is 0 Å². The molecule has 1 fully saturated rings. The van der Waals surface area contributed by atoms with Gasteiger partial charge in [-0.15, -0.1) is 0 Å². The zero-order valence-electron chi connectivity index (χ0n) is 6.99. The highest BCUT2D eigenvalue weighted by Gasteiger charge is 2.21. The van der Waals surface area contributed by atoms with Crippen LogP contribution in [0.3, 0.4) is 0 Å². The molecular formula is C10H13NS. The van der Waals surface area contributed by atoms with Crippen molar-refractivity contribution in [3.05, 3.63) is 29.8 Å². The first-order valence-corrected chi connectivity index (χ1v) is 5.35. The summed E-state index contributed by atoms with van der Waals surface area (Å²) in [5.74, 6) is 1.12. The van der Waals surface area contributed by atoms with Gasteiger partial charge < -0.3 is 5.73 Å². The van der Waals surface area contributed by atoms with Crippen LogP contribution >= 0.6 is 11.8 Å². The third kappa shape index (κ3) is 2.18. The minimum atomic E-state index is 0.879. The Hall–Kier alpha value is -0.630. The number of rotatable bonds is 3. The maximum absolute atomic E-state index is 5.67. The lowest BCUT2D eigenvalue weighted by atomic mass is 10.2. The summed E-state index contributed by atoms with van der Waals surface area (Å²) in [7, 11) is 0. The van der Waals surface area contributed by atoms with Gasteiger partial charge in [0.25, 0.3) is 0 Å². The number of hydrogen-bond donors (Lipinski definition) is 1. The predicted molar refractivity (Wildman–Crippen MR) is 55.2 cm³/mol. The van der Waals surface area contributed by atoms with Crippen molar-refractivity contribution < 1.29 is 0 Å². The molecule has 0 aliphatic heterocycles. The van der Waals surface area contributed by atoms with Crippen molar-refractivity contribution in [3.8, 4) is 0 Å². The van der Waals surface area contributed by atoms with Gasteiger partial charge >= 0.3 is 0 Å². The van der Waals surface area contributed by atoms with Crippen LogP contribution in [0.5, 0.6) is 0 Å².